The van der Waals surface area contributed by atoms with Crippen molar-refractivity contribution in [3.05, 3.63) is 37.0 Å². The maximum absolute atomic E-state index is 10.9. The minimum absolute atomic E-state index is 0.276. The minimum atomic E-state index is -0.343. The summed E-state index contributed by atoms with van der Waals surface area (Å²) in [7, 11) is 1.35. The first kappa shape index (κ1) is 17.2. The molecule has 4 nitrogen and oxygen atoms in total. The van der Waals surface area contributed by atoms with Gasteiger partial charge in [0, 0.05) is 13.0 Å². The van der Waals surface area contributed by atoms with E-state index in [1.807, 2.05) is 18.2 Å². The third-order valence-electron chi connectivity index (χ3n) is 2.48. The van der Waals surface area contributed by atoms with Gasteiger partial charge in [0.15, 0.2) is 0 Å². The van der Waals surface area contributed by atoms with Crippen molar-refractivity contribution >= 4 is 11.9 Å². The lowest BCUT2D eigenvalue weighted by atomic mass is 9.99. The number of esters is 2. The molecule has 0 N–H and O–H groups in total. The minimum Gasteiger partial charge on any atom is -0.466 e. The van der Waals surface area contributed by atoms with Crippen LogP contribution >= 0.6 is 0 Å². The van der Waals surface area contributed by atoms with Crippen LogP contribution in [0.5, 0.6) is 0 Å². The fourth-order valence-electron chi connectivity index (χ4n) is 1.40. The molecule has 1 atom stereocenters. The maximum Gasteiger partial charge on any atom is 0.330 e. The fraction of sp³-hybridized carbons (Fsp3) is 0.467. The second kappa shape index (κ2) is 11.3. The molecule has 0 aliphatic carbocycles. The molecule has 0 heterocycles. The molecular weight excluding hydrogens is 244 g/mol. The summed E-state index contributed by atoms with van der Waals surface area (Å²) >= 11 is 0. The van der Waals surface area contributed by atoms with Gasteiger partial charge in [-0.05, 0) is 25.2 Å². The van der Waals surface area contributed by atoms with Gasteiger partial charge in [-0.2, -0.15) is 0 Å². The first-order valence-electron chi connectivity index (χ1n) is 6.25. The Bertz CT molecular complexity index is 342. The van der Waals surface area contributed by atoms with E-state index < -0.39 is 0 Å². The summed E-state index contributed by atoms with van der Waals surface area (Å²) in [6.07, 6.45) is 11.5. The van der Waals surface area contributed by atoms with E-state index in [0.717, 1.165) is 19.3 Å². The molecule has 0 aromatic carbocycles. The van der Waals surface area contributed by atoms with Crippen LogP contribution in [-0.2, 0) is 19.1 Å². The van der Waals surface area contributed by atoms with Crippen molar-refractivity contribution in [3.8, 4) is 0 Å². The van der Waals surface area contributed by atoms with E-state index in [9.17, 15) is 9.59 Å². The monoisotopic (exact) mass is 266 g/mol. The molecule has 0 aromatic rings. The van der Waals surface area contributed by atoms with Gasteiger partial charge >= 0.3 is 11.9 Å². The molecule has 0 radical (unpaired) electrons. The Hall–Kier alpha value is -1.84. The largest absolute Gasteiger partial charge is 0.466 e. The van der Waals surface area contributed by atoms with Gasteiger partial charge in [0.2, 0.25) is 0 Å². The predicted octanol–water partition coefficient (Wildman–Crippen LogP) is 2.81. The van der Waals surface area contributed by atoms with Gasteiger partial charge in [0.25, 0.3) is 0 Å². The zero-order chi connectivity index (χ0) is 14.5. The van der Waals surface area contributed by atoms with Crippen molar-refractivity contribution < 1.29 is 19.1 Å². The zero-order valence-electron chi connectivity index (χ0n) is 11.6. The molecule has 4 heteroatoms. The summed E-state index contributed by atoms with van der Waals surface area (Å²) < 4.78 is 9.28. The van der Waals surface area contributed by atoms with Gasteiger partial charge < -0.3 is 9.47 Å². The Kier molecular flexibility index (Phi) is 10.2. The predicted molar refractivity (Wildman–Crippen MR) is 74.5 cm³/mol. The first-order valence-corrected chi connectivity index (χ1v) is 6.25. The van der Waals surface area contributed by atoms with Crippen LogP contribution in [0.1, 0.15) is 26.2 Å². The lowest BCUT2D eigenvalue weighted by Crippen LogP contribution is -1.98. The van der Waals surface area contributed by atoms with E-state index in [0.29, 0.717) is 12.5 Å². The number of carbonyl (C=O) groups excluding carboxylic acids is 2. The third-order valence-corrected chi connectivity index (χ3v) is 2.48. The van der Waals surface area contributed by atoms with E-state index in [2.05, 4.69) is 11.3 Å². The van der Waals surface area contributed by atoms with Crippen molar-refractivity contribution in [1.29, 1.82) is 0 Å². The number of ether oxygens (including phenoxy) is 2. The van der Waals surface area contributed by atoms with E-state index >= 15 is 0 Å². The highest BCUT2D eigenvalue weighted by Gasteiger charge is 2.01. The number of methoxy groups -OCH3 is 1. The van der Waals surface area contributed by atoms with Gasteiger partial charge in [-0.15, -0.1) is 6.58 Å². The van der Waals surface area contributed by atoms with Crippen molar-refractivity contribution in [3.63, 3.8) is 0 Å². The molecule has 0 aliphatic heterocycles. The molecule has 0 amide bonds. The first-order chi connectivity index (χ1) is 9.10. The molecule has 0 saturated heterocycles. The number of carbonyl (C=O) groups is 2. The summed E-state index contributed by atoms with van der Waals surface area (Å²) in [5, 5.41) is 0. The molecular formula is C15H22O4. The van der Waals surface area contributed by atoms with Crippen LogP contribution in [0.25, 0.3) is 0 Å². The standard InChI is InChI=1S/C15H22O4/c1-4-14(10-8-11-15(17)18-3)9-6-5-7-12-19-13(2)16/h4-5,7-8,11,14H,1,6,9-10,12H2,2-3H3/b7-5+,11-8-. The Balaban J connectivity index is 3.81. The average molecular weight is 266 g/mol. The van der Waals surface area contributed by atoms with Gasteiger partial charge in [0.1, 0.15) is 6.61 Å². The summed E-state index contributed by atoms with van der Waals surface area (Å²) in [6, 6.07) is 0. The second-order valence-corrected chi connectivity index (χ2v) is 4.01. The maximum atomic E-state index is 10.9. The van der Waals surface area contributed by atoms with Gasteiger partial charge in [-0.25, -0.2) is 4.79 Å². The number of hydrogen-bond donors (Lipinski definition) is 0. The Morgan fingerprint density at radius 2 is 2.00 bits per heavy atom. The number of hydrogen-bond acceptors (Lipinski definition) is 4. The molecule has 0 bridgehead atoms. The van der Waals surface area contributed by atoms with E-state index in [1.54, 1.807) is 6.08 Å². The average Bonchev–Trinajstić information content (AvgIpc) is 2.39. The van der Waals surface area contributed by atoms with Crippen molar-refractivity contribution in [2.75, 3.05) is 13.7 Å². The lowest BCUT2D eigenvalue weighted by molar-refractivity contribution is -0.139. The van der Waals surface area contributed by atoms with Crippen LogP contribution < -0.4 is 0 Å². The van der Waals surface area contributed by atoms with Crippen LogP contribution in [0, 0.1) is 5.92 Å². The van der Waals surface area contributed by atoms with Crippen LogP contribution in [0.15, 0.2) is 37.0 Å². The molecule has 1 unspecified atom stereocenters. The van der Waals surface area contributed by atoms with Crippen molar-refractivity contribution in [1.82, 2.24) is 0 Å². The van der Waals surface area contributed by atoms with E-state index in [-0.39, 0.29) is 11.9 Å². The number of allylic oxidation sites excluding steroid dienone is 3. The summed E-state index contributed by atoms with van der Waals surface area (Å²) in [4.78, 5) is 21.4. The Labute approximate surface area is 114 Å². The van der Waals surface area contributed by atoms with E-state index in [4.69, 9.17) is 4.74 Å². The van der Waals surface area contributed by atoms with Crippen LogP contribution in [0.4, 0.5) is 0 Å². The summed E-state index contributed by atoms with van der Waals surface area (Å²) in [6.45, 7) is 5.47. The summed E-state index contributed by atoms with van der Waals surface area (Å²) in [5.74, 6) is -0.301. The smallest absolute Gasteiger partial charge is 0.330 e. The summed E-state index contributed by atoms with van der Waals surface area (Å²) in [5.41, 5.74) is 0. The Morgan fingerprint density at radius 3 is 2.58 bits per heavy atom. The van der Waals surface area contributed by atoms with Gasteiger partial charge in [-0.1, -0.05) is 24.3 Å². The zero-order valence-corrected chi connectivity index (χ0v) is 11.6. The molecule has 0 aromatic heterocycles. The molecule has 0 fully saturated rings. The highest BCUT2D eigenvalue weighted by atomic mass is 16.5. The molecule has 0 aliphatic rings. The molecule has 19 heavy (non-hydrogen) atoms. The van der Waals surface area contributed by atoms with Crippen LogP contribution in [0.2, 0.25) is 0 Å². The topological polar surface area (TPSA) is 52.6 Å². The van der Waals surface area contributed by atoms with Crippen molar-refractivity contribution in [2.24, 2.45) is 5.92 Å². The van der Waals surface area contributed by atoms with Crippen molar-refractivity contribution in [2.45, 2.75) is 26.2 Å². The lowest BCUT2D eigenvalue weighted by Gasteiger charge is -2.07. The van der Waals surface area contributed by atoms with Gasteiger partial charge in [0.05, 0.1) is 7.11 Å². The molecule has 0 saturated carbocycles. The third kappa shape index (κ3) is 11.0. The van der Waals surface area contributed by atoms with E-state index in [1.165, 1.54) is 20.1 Å². The molecule has 106 valence electrons. The highest BCUT2D eigenvalue weighted by molar-refractivity contribution is 5.81. The Morgan fingerprint density at radius 1 is 1.26 bits per heavy atom. The molecule has 0 rings (SSSR count). The SMILES string of the molecule is C=CC(C/C=C\C(=O)OC)CC/C=C/COC(C)=O. The quantitative estimate of drug-likeness (QED) is 0.366. The van der Waals surface area contributed by atoms with Gasteiger partial charge in [-0.3, -0.25) is 4.79 Å². The second-order valence-electron chi connectivity index (χ2n) is 4.01. The normalized spacial score (nSPS) is 12.5. The molecule has 0 spiro atoms. The number of rotatable bonds is 9. The fourth-order valence-corrected chi connectivity index (χ4v) is 1.40. The highest BCUT2D eigenvalue weighted by Crippen LogP contribution is 2.13. The van der Waals surface area contributed by atoms with Crippen LogP contribution in [0.3, 0.4) is 0 Å². The van der Waals surface area contributed by atoms with Crippen LogP contribution in [-0.4, -0.2) is 25.7 Å².